The van der Waals surface area contributed by atoms with Gasteiger partial charge >= 0.3 is 0 Å². The van der Waals surface area contributed by atoms with Crippen molar-refractivity contribution in [3.05, 3.63) is 40.4 Å². The fourth-order valence-corrected chi connectivity index (χ4v) is 2.38. The molecule has 0 aliphatic heterocycles. The first-order chi connectivity index (χ1) is 8.95. The number of hydrogen-bond acceptors (Lipinski definition) is 3. The van der Waals surface area contributed by atoms with Crippen molar-refractivity contribution in [2.75, 3.05) is 0 Å². The molecule has 19 heavy (non-hydrogen) atoms. The van der Waals surface area contributed by atoms with Crippen LogP contribution in [0.15, 0.2) is 35.3 Å². The predicted molar refractivity (Wildman–Crippen MR) is 83.7 cm³/mol. The minimum absolute atomic E-state index is 0.171. The molecule has 2 aromatic heterocycles. The van der Waals surface area contributed by atoms with E-state index >= 15 is 0 Å². The Labute approximate surface area is 127 Å². The lowest BCUT2D eigenvalue weighted by atomic mass is 9.86. The zero-order chi connectivity index (χ0) is 13.9. The second-order valence-electron chi connectivity index (χ2n) is 5.76. The van der Waals surface area contributed by atoms with Gasteiger partial charge in [-0.2, -0.15) is 0 Å². The molecule has 0 fully saturated rings. The number of halogens is 1. The molecule has 0 amide bonds. The molecule has 0 spiro atoms. The van der Waals surface area contributed by atoms with Crippen molar-refractivity contribution in [2.24, 2.45) is 5.41 Å². The minimum atomic E-state index is 0.171. The number of hydrogen-bond donors (Lipinski definition) is 1. The van der Waals surface area contributed by atoms with E-state index in [1.807, 2.05) is 30.9 Å². The maximum absolute atomic E-state index is 5.59. The van der Waals surface area contributed by atoms with E-state index in [9.17, 15) is 0 Å². The lowest BCUT2D eigenvalue weighted by Crippen LogP contribution is -2.42. The average Bonchev–Trinajstić information content (AvgIpc) is 2.94. The van der Waals surface area contributed by atoms with Gasteiger partial charge in [0.15, 0.2) is 3.77 Å². The van der Waals surface area contributed by atoms with E-state index in [0.717, 1.165) is 22.6 Å². The molecule has 0 saturated heterocycles. The molecule has 1 atom stereocenters. The lowest BCUT2D eigenvalue weighted by Gasteiger charge is -2.31. The SMILES string of the molecule is CC(C)(C)C(Cn1ccnc1)NCc1ccc(I)o1. The predicted octanol–water partition coefficient (Wildman–Crippen LogP) is 3.29. The van der Waals surface area contributed by atoms with Crippen molar-refractivity contribution < 1.29 is 4.42 Å². The van der Waals surface area contributed by atoms with Gasteiger partial charge in [-0.05, 0) is 40.1 Å². The summed E-state index contributed by atoms with van der Waals surface area (Å²) in [4.78, 5) is 4.09. The van der Waals surface area contributed by atoms with Gasteiger partial charge in [-0.1, -0.05) is 20.8 Å². The van der Waals surface area contributed by atoms with Gasteiger partial charge in [0.05, 0.1) is 12.9 Å². The fourth-order valence-electron chi connectivity index (χ4n) is 1.92. The third kappa shape index (κ3) is 4.35. The molecule has 0 saturated carbocycles. The highest BCUT2D eigenvalue weighted by Gasteiger charge is 2.24. The molecule has 0 aliphatic rings. The van der Waals surface area contributed by atoms with Crippen LogP contribution < -0.4 is 5.32 Å². The van der Waals surface area contributed by atoms with Crippen LogP contribution in [0.1, 0.15) is 26.5 Å². The number of nitrogens with zero attached hydrogens (tertiary/aromatic N) is 2. The maximum atomic E-state index is 5.59. The summed E-state index contributed by atoms with van der Waals surface area (Å²) in [5.74, 6) is 0.976. The zero-order valence-electron chi connectivity index (χ0n) is 11.6. The Balaban J connectivity index is 1.98. The molecule has 0 aromatic carbocycles. The maximum Gasteiger partial charge on any atom is 0.164 e. The summed E-state index contributed by atoms with van der Waals surface area (Å²) in [5.41, 5.74) is 0.171. The van der Waals surface area contributed by atoms with Crippen molar-refractivity contribution >= 4 is 22.6 Å². The molecule has 0 aliphatic carbocycles. The normalized spacial score (nSPS) is 13.7. The summed E-state index contributed by atoms with van der Waals surface area (Å²) in [7, 11) is 0. The van der Waals surface area contributed by atoms with Gasteiger partial charge in [0, 0.05) is 25.0 Å². The quantitative estimate of drug-likeness (QED) is 0.818. The minimum Gasteiger partial charge on any atom is -0.454 e. The molecular weight excluding hydrogens is 353 g/mol. The zero-order valence-corrected chi connectivity index (χ0v) is 13.7. The van der Waals surface area contributed by atoms with Crippen LogP contribution in [0.25, 0.3) is 0 Å². The topological polar surface area (TPSA) is 43.0 Å². The van der Waals surface area contributed by atoms with E-state index < -0.39 is 0 Å². The largest absolute Gasteiger partial charge is 0.454 e. The summed E-state index contributed by atoms with van der Waals surface area (Å²) >= 11 is 2.18. The van der Waals surface area contributed by atoms with E-state index in [1.165, 1.54) is 0 Å². The molecule has 1 unspecified atom stereocenters. The molecule has 4 nitrogen and oxygen atoms in total. The monoisotopic (exact) mass is 373 g/mol. The van der Waals surface area contributed by atoms with Crippen molar-refractivity contribution in [1.82, 2.24) is 14.9 Å². The van der Waals surface area contributed by atoms with Crippen LogP contribution in [0.4, 0.5) is 0 Å². The average molecular weight is 373 g/mol. The van der Waals surface area contributed by atoms with Crippen LogP contribution in [0.3, 0.4) is 0 Å². The van der Waals surface area contributed by atoms with Crippen LogP contribution in [-0.2, 0) is 13.1 Å². The Morgan fingerprint density at radius 2 is 2.21 bits per heavy atom. The molecule has 2 rings (SSSR count). The molecule has 2 heterocycles. The van der Waals surface area contributed by atoms with E-state index in [0.29, 0.717) is 6.04 Å². The first-order valence-corrected chi connectivity index (χ1v) is 7.46. The molecule has 0 bridgehead atoms. The second kappa shape index (κ2) is 6.09. The number of nitrogens with one attached hydrogen (secondary N) is 1. The first-order valence-electron chi connectivity index (χ1n) is 6.38. The molecule has 2 aromatic rings. The van der Waals surface area contributed by atoms with E-state index in [4.69, 9.17) is 4.42 Å². The summed E-state index contributed by atoms with van der Waals surface area (Å²) in [6.07, 6.45) is 5.67. The Hall–Kier alpha value is -0.820. The molecular formula is C14H20IN3O. The Morgan fingerprint density at radius 1 is 1.42 bits per heavy atom. The number of furan rings is 1. The van der Waals surface area contributed by atoms with Crippen LogP contribution >= 0.6 is 22.6 Å². The van der Waals surface area contributed by atoms with Gasteiger partial charge in [-0.15, -0.1) is 0 Å². The lowest BCUT2D eigenvalue weighted by molar-refractivity contribution is 0.234. The van der Waals surface area contributed by atoms with Gasteiger partial charge in [0.1, 0.15) is 5.76 Å². The summed E-state index contributed by atoms with van der Waals surface area (Å²) in [5, 5.41) is 3.58. The Bertz CT molecular complexity index is 499. The third-order valence-corrected chi connectivity index (χ3v) is 3.73. The molecule has 5 heteroatoms. The smallest absolute Gasteiger partial charge is 0.164 e. The standard InChI is InChI=1S/C14H20IN3O/c1-14(2,3)12(9-18-7-6-16-10-18)17-8-11-4-5-13(15)19-11/h4-7,10,12,17H,8-9H2,1-3H3. The van der Waals surface area contributed by atoms with Gasteiger partial charge < -0.3 is 14.3 Å². The van der Waals surface area contributed by atoms with E-state index in [2.05, 4.69) is 58.2 Å². The van der Waals surface area contributed by atoms with Crippen molar-refractivity contribution in [1.29, 1.82) is 0 Å². The number of rotatable bonds is 5. The second-order valence-corrected chi connectivity index (χ2v) is 6.83. The van der Waals surface area contributed by atoms with E-state index in [1.54, 1.807) is 0 Å². The van der Waals surface area contributed by atoms with Gasteiger partial charge in [-0.3, -0.25) is 0 Å². The fraction of sp³-hybridized carbons (Fsp3) is 0.500. The third-order valence-electron chi connectivity index (χ3n) is 3.15. The highest BCUT2D eigenvalue weighted by Crippen LogP contribution is 2.21. The number of aromatic nitrogens is 2. The van der Waals surface area contributed by atoms with E-state index in [-0.39, 0.29) is 5.41 Å². The van der Waals surface area contributed by atoms with Crippen LogP contribution in [0, 0.1) is 9.18 Å². The van der Waals surface area contributed by atoms with Crippen molar-refractivity contribution in [3.63, 3.8) is 0 Å². The Morgan fingerprint density at radius 3 is 2.74 bits per heavy atom. The highest BCUT2D eigenvalue weighted by molar-refractivity contribution is 14.1. The summed E-state index contributed by atoms with van der Waals surface area (Å²) in [6, 6.07) is 4.36. The number of imidazole rings is 1. The van der Waals surface area contributed by atoms with Crippen LogP contribution in [0.5, 0.6) is 0 Å². The molecule has 1 N–H and O–H groups in total. The highest BCUT2D eigenvalue weighted by atomic mass is 127. The van der Waals surface area contributed by atoms with Crippen LogP contribution in [0.2, 0.25) is 0 Å². The summed E-state index contributed by atoms with van der Waals surface area (Å²) < 4.78 is 8.62. The van der Waals surface area contributed by atoms with Gasteiger partial charge in [0.25, 0.3) is 0 Å². The Kier molecular flexibility index (Phi) is 4.67. The van der Waals surface area contributed by atoms with Crippen molar-refractivity contribution in [3.8, 4) is 0 Å². The molecule has 104 valence electrons. The van der Waals surface area contributed by atoms with Gasteiger partial charge in [-0.25, -0.2) is 4.98 Å². The van der Waals surface area contributed by atoms with Crippen molar-refractivity contribution in [2.45, 2.75) is 39.9 Å². The van der Waals surface area contributed by atoms with Crippen LogP contribution in [-0.4, -0.2) is 15.6 Å². The first kappa shape index (κ1) is 14.6. The molecule has 0 radical (unpaired) electrons. The van der Waals surface area contributed by atoms with Gasteiger partial charge in [0.2, 0.25) is 0 Å². The summed E-state index contributed by atoms with van der Waals surface area (Å²) in [6.45, 7) is 8.38.